The number of rotatable bonds is 12. The molecule has 1 aromatic heterocycles. The van der Waals surface area contributed by atoms with Gasteiger partial charge in [0.25, 0.3) is 17.4 Å². The van der Waals surface area contributed by atoms with Crippen LogP contribution in [0.15, 0.2) is 36.4 Å². The van der Waals surface area contributed by atoms with Crippen LogP contribution in [0.1, 0.15) is 61.4 Å². The molecule has 0 bridgehead atoms. The van der Waals surface area contributed by atoms with E-state index >= 15 is 0 Å². The van der Waals surface area contributed by atoms with Crippen molar-refractivity contribution < 1.29 is 45.8 Å². The molecule has 2 heterocycles. The monoisotopic (exact) mass is 652 g/mol. The minimum atomic E-state index is -5.51. The molecule has 1 aliphatic heterocycles. The van der Waals surface area contributed by atoms with E-state index in [1.807, 2.05) is 0 Å². The minimum absolute atomic E-state index is 0.0667. The van der Waals surface area contributed by atoms with Crippen LogP contribution in [-0.2, 0) is 10.4 Å². The maximum absolute atomic E-state index is 14.2. The molecule has 2 N–H and O–H groups in total. The first-order valence-electron chi connectivity index (χ1n) is 14.2. The summed E-state index contributed by atoms with van der Waals surface area (Å²) in [6.07, 6.45) is -6.96. The normalized spacial score (nSPS) is 15.9. The number of carbonyl (C=O) groups excluding carboxylic acids is 2. The molecule has 15 heteroatoms. The number of halogens is 7. The predicted octanol–water partition coefficient (Wildman–Crippen LogP) is 6.07. The Hall–Kier alpha value is -3.26. The Kier molecular flexibility index (Phi) is 11.8. The molecule has 0 saturated carbocycles. The van der Waals surface area contributed by atoms with Crippen LogP contribution in [0, 0.1) is 5.92 Å². The number of anilines is 1. The number of nitrogens with zero attached hydrogens (tertiary/aromatic N) is 3. The summed E-state index contributed by atoms with van der Waals surface area (Å²) in [5, 5.41) is 13.4. The van der Waals surface area contributed by atoms with Gasteiger partial charge in [0.15, 0.2) is 0 Å². The number of carbonyl (C=O) groups is 2. The van der Waals surface area contributed by atoms with E-state index < -0.39 is 35.4 Å². The highest BCUT2D eigenvalue weighted by molar-refractivity contribution is 6.32. The van der Waals surface area contributed by atoms with Gasteiger partial charge in [-0.2, -0.15) is 13.2 Å². The van der Waals surface area contributed by atoms with Crippen LogP contribution in [0.25, 0.3) is 0 Å². The lowest BCUT2D eigenvalue weighted by atomic mass is 9.90. The zero-order chi connectivity index (χ0) is 32.7. The van der Waals surface area contributed by atoms with Crippen molar-refractivity contribution in [3.05, 3.63) is 52.7 Å². The van der Waals surface area contributed by atoms with E-state index in [-0.39, 0.29) is 29.7 Å². The van der Waals surface area contributed by atoms with Crippen molar-refractivity contribution in [3.8, 4) is 5.75 Å². The molecule has 244 valence electrons. The zero-order valence-corrected chi connectivity index (χ0v) is 25.0. The van der Waals surface area contributed by atoms with Crippen molar-refractivity contribution in [1.29, 1.82) is 0 Å². The number of unbranched alkanes of at least 4 members (excludes halogenated alkanes) is 1. The largest absolute Gasteiger partial charge is 0.573 e. The summed E-state index contributed by atoms with van der Waals surface area (Å²) in [6, 6.07) is 6.09. The molecular weight excluding hydrogens is 618 g/mol. The molecule has 1 saturated heterocycles. The first-order chi connectivity index (χ1) is 20.6. The third-order valence-electron chi connectivity index (χ3n) is 7.52. The van der Waals surface area contributed by atoms with E-state index in [4.69, 9.17) is 11.6 Å². The van der Waals surface area contributed by atoms with Crippen molar-refractivity contribution in [2.45, 2.75) is 63.6 Å². The average Bonchev–Trinajstić information content (AvgIpc) is 2.96. The van der Waals surface area contributed by atoms with E-state index in [1.54, 1.807) is 19.1 Å². The maximum atomic E-state index is 14.2. The lowest BCUT2D eigenvalue weighted by Gasteiger charge is -2.35. The van der Waals surface area contributed by atoms with Crippen molar-refractivity contribution in [3.63, 3.8) is 0 Å². The van der Waals surface area contributed by atoms with Crippen LogP contribution in [0.3, 0.4) is 0 Å². The van der Waals surface area contributed by atoms with Gasteiger partial charge >= 0.3 is 12.5 Å². The average molecular weight is 653 g/mol. The molecule has 1 fully saturated rings. The fourth-order valence-corrected chi connectivity index (χ4v) is 5.47. The molecule has 0 aliphatic carbocycles. The Morgan fingerprint density at radius 3 is 2.34 bits per heavy atom. The lowest BCUT2D eigenvalue weighted by molar-refractivity contribution is -0.274. The molecule has 2 aromatic rings. The first-order valence-corrected chi connectivity index (χ1v) is 14.6. The molecule has 1 atom stereocenters. The maximum Gasteiger partial charge on any atom is 0.573 e. The fourth-order valence-electron chi connectivity index (χ4n) is 5.23. The summed E-state index contributed by atoms with van der Waals surface area (Å²) in [5.41, 5.74) is -4.85. The van der Waals surface area contributed by atoms with Crippen LogP contribution >= 0.6 is 11.6 Å². The van der Waals surface area contributed by atoms with Crippen molar-refractivity contribution in [2.75, 3.05) is 38.1 Å². The van der Waals surface area contributed by atoms with Crippen LogP contribution in [0.5, 0.6) is 5.75 Å². The third kappa shape index (κ3) is 8.68. The van der Waals surface area contributed by atoms with Crippen molar-refractivity contribution in [1.82, 2.24) is 15.2 Å². The number of pyridine rings is 1. The Bertz CT molecular complexity index is 1290. The second-order valence-corrected chi connectivity index (χ2v) is 10.9. The van der Waals surface area contributed by atoms with Gasteiger partial charge in [0.2, 0.25) is 0 Å². The Balaban J connectivity index is 1.59. The highest BCUT2D eigenvalue weighted by Gasteiger charge is 2.62. The van der Waals surface area contributed by atoms with E-state index in [9.17, 15) is 41.0 Å². The highest BCUT2D eigenvalue weighted by Crippen LogP contribution is 2.42. The van der Waals surface area contributed by atoms with Gasteiger partial charge in [-0.3, -0.25) is 9.59 Å². The molecule has 1 unspecified atom stereocenters. The topological polar surface area (TPSA) is 95.0 Å². The van der Waals surface area contributed by atoms with Gasteiger partial charge in [-0.05, 0) is 55.9 Å². The Morgan fingerprint density at radius 1 is 1.09 bits per heavy atom. The number of ether oxygens (including phenoxy) is 1. The Labute approximate surface area is 256 Å². The SMILES string of the molecule is CCCN(CCCCC1CCN(c2ccc(C(=O)NC)c(Cl)n2)CC1)C(=O)C(O)(c1cccc(OC(F)(F)F)c1)C(F)(F)F. The number of benzene rings is 1. The van der Waals surface area contributed by atoms with Gasteiger partial charge in [-0.25, -0.2) is 4.98 Å². The molecular formula is C29H35ClF6N4O4. The van der Waals surface area contributed by atoms with E-state index in [2.05, 4.69) is 19.9 Å². The van der Waals surface area contributed by atoms with Crippen LogP contribution in [-0.4, -0.2) is 72.6 Å². The Morgan fingerprint density at radius 2 is 1.77 bits per heavy atom. The van der Waals surface area contributed by atoms with E-state index in [0.717, 1.165) is 42.4 Å². The summed E-state index contributed by atoms with van der Waals surface area (Å²) in [5.74, 6) is -1.98. The van der Waals surface area contributed by atoms with Gasteiger partial charge in [0, 0.05) is 38.8 Å². The molecule has 0 radical (unpaired) electrons. The third-order valence-corrected chi connectivity index (χ3v) is 7.81. The van der Waals surface area contributed by atoms with Gasteiger partial charge in [-0.1, -0.05) is 43.5 Å². The molecule has 3 rings (SSSR count). The number of alkyl halides is 6. The summed E-state index contributed by atoms with van der Waals surface area (Å²) in [7, 11) is 1.50. The number of hydrogen-bond donors (Lipinski definition) is 2. The van der Waals surface area contributed by atoms with Gasteiger partial charge in [0.05, 0.1) is 5.56 Å². The number of piperidine rings is 1. The molecule has 44 heavy (non-hydrogen) atoms. The predicted molar refractivity (Wildman–Crippen MR) is 151 cm³/mol. The van der Waals surface area contributed by atoms with Crippen LogP contribution in [0.2, 0.25) is 5.15 Å². The van der Waals surface area contributed by atoms with Crippen molar-refractivity contribution >= 4 is 29.2 Å². The molecule has 8 nitrogen and oxygen atoms in total. The minimum Gasteiger partial charge on any atom is -0.406 e. The van der Waals surface area contributed by atoms with Crippen molar-refractivity contribution in [2.24, 2.45) is 5.92 Å². The van der Waals surface area contributed by atoms with Gasteiger partial charge in [-0.15, -0.1) is 13.2 Å². The number of hydrogen-bond acceptors (Lipinski definition) is 6. The summed E-state index contributed by atoms with van der Waals surface area (Å²) in [4.78, 5) is 32.4. The molecule has 1 aromatic carbocycles. The molecule has 0 spiro atoms. The smallest absolute Gasteiger partial charge is 0.406 e. The van der Waals surface area contributed by atoms with E-state index in [0.29, 0.717) is 50.2 Å². The quantitative estimate of drug-likeness (QED) is 0.164. The van der Waals surface area contributed by atoms with Crippen LogP contribution < -0.4 is 15.0 Å². The van der Waals surface area contributed by atoms with Gasteiger partial charge < -0.3 is 25.0 Å². The summed E-state index contributed by atoms with van der Waals surface area (Å²) < 4.78 is 84.2. The molecule has 2 amide bonds. The van der Waals surface area contributed by atoms with Gasteiger partial charge in [0.1, 0.15) is 16.7 Å². The number of aliphatic hydroxyl groups is 1. The number of aromatic nitrogens is 1. The summed E-state index contributed by atoms with van der Waals surface area (Å²) >= 11 is 6.17. The number of amides is 2. The zero-order valence-electron chi connectivity index (χ0n) is 24.3. The summed E-state index contributed by atoms with van der Waals surface area (Å²) in [6.45, 7) is 2.91. The fraction of sp³-hybridized carbons (Fsp3) is 0.552. The lowest BCUT2D eigenvalue weighted by Crippen LogP contribution is -2.56. The second-order valence-electron chi connectivity index (χ2n) is 10.6. The first kappa shape index (κ1) is 35.2. The molecule has 1 aliphatic rings. The number of nitrogens with one attached hydrogen (secondary N) is 1. The highest BCUT2D eigenvalue weighted by atomic mass is 35.5. The second kappa shape index (κ2) is 14.7. The van der Waals surface area contributed by atoms with E-state index in [1.165, 1.54) is 7.05 Å². The standard InChI is InChI=1S/C29H35ClF6N4O4/c1-3-14-40(26(42)27(43,28(31,32)33)20-8-6-9-21(18-20)44-29(34,35)36)15-5-4-7-19-12-16-39(17-13-19)23-11-10-22(24(30)38-23)25(41)37-2/h6,8-11,18-19,43H,3-5,7,12-17H2,1-2H3,(H,37,41). The van der Waals surface area contributed by atoms with Crippen LogP contribution in [0.4, 0.5) is 32.2 Å².